The second-order valence-corrected chi connectivity index (χ2v) is 5.70. The quantitative estimate of drug-likeness (QED) is 0.582. The Bertz CT molecular complexity index is 730. The molecule has 9 heteroatoms. The maximum atomic E-state index is 12.6. The van der Waals surface area contributed by atoms with Gasteiger partial charge in [0.25, 0.3) is 0 Å². The van der Waals surface area contributed by atoms with Crippen molar-refractivity contribution in [2.75, 3.05) is 7.05 Å². The van der Waals surface area contributed by atoms with Gasteiger partial charge in [-0.3, -0.25) is 9.98 Å². The van der Waals surface area contributed by atoms with Crippen LogP contribution in [-0.4, -0.2) is 24.6 Å². The summed E-state index contributed by atoms with van der Waals surface area (Å²) in [6.07, 6.45) is 1.69. The molecule has 1 heterocycles. The lowest BCUT2D eigenvalue weighted by molar-refractivity contribution is -0.0504. The Kier molecular flexibility index (Phi) is 7.21. The number of hydrogen-bond acceptors (Lipinski definition) is 3. The number of ether oxygens (including phenoxy) is 1. The standard InChI is InChI=1S/C16H16Cl2F2N4O/c1-21-16(24-9-12-4-2-3-5-22-12)23-8-10-6-11(17)7-13(18)14(10)25-15(19)20/h2-7,15H,8-9H2,1H3,(H2,21,23,24). The Hall–Kier alpha value is -2.12. The molecule has 2 N–H and O–H groups in total. The molecule has 0 saturated carbocycles. The maximum absolute atomic E-state index is 12.6. The Labute approximate surface area is 154 Å². The zero-order chi connectivity index (χ0) is 18.2. The second kappa shape index (κ2) is 9.39. The van der Waals surface area contributed by atoms with Crippen LogP contribution in [0.4, 0.5) is 8.78 Å². The third-order valence-corrected chi connectivity index (χ3v) is 3.62. The number of nitrogens with zero attached hydrogens (tertiary/aromatic N) is 2. The fraction of sp³-hybridized carbons (Fsp3) is 0.250. The predicted molar refractivity (Wildman–Crippen MR) is 94.4 cm³/mol. The van der Waals surface area contributed by atoms with E-state index in [-0.39, 0.29) is 17.3 Å². The van der Waals surface area contributed by atoms with Crippen molar-refractivity contribution < 1.29 is 13.5 Å². The first kappa shape index (κ1) is 19.2. The van der Waals surface area contributed by atoms with Crippen molar-refractivity contribution in [1.82, 2.24) is 15.6 Å². The van der Waals surface area contributed by atoms with Crippen LogP contribution in [0.15, 0.2) is 41.5 Å². The summed E-state index contributed by atoms with van der Waals surface area (Å²) in [6, 6.07) is 8.42. The van der Waals surface area contributed by atoms with E-state index >= 15 is 0 Å². The van der Waals surface area contributed by atoms with Crippen molar-refractivity contribution in [3.8, 4) is 5.75 Å². The van der Waals surface area contributed by atoms with Crippen LogP contribution >= 0.6 is 23.2 Å². The molecule has 0 amide bonds. The number of pyridine rings is 1. The number of aliphatic imine (C=N–C) groups is 1. The molecule has 1 aromatic carbocycles. The molecule has 0 atom stereocenters. The van der Waals surface area contributed by atoms with Crippen molar-refractivity contribution in [3.63, 3.8) is 0 Å². The van der Waals surface area contributed by atoms with Gasteiger partial charge in [-0.1, -0.05) is 29.3 Å². The smallest absolute Gasteiger partial charge is 0.387 e. The molecule has 0 radical (unpaired) electrons. The van der Waals surface area contributed by atoms with Crippen LogP contribution in [0, 0.1) is 0 Å². The van der Waals surface area contributed by atoms with E-state index < -0.39 is 6.61 Å². The first-order valence-corrected chi connectivity index (χ1v) is 8.02. The minimum atomic E-state index is -2.99. The number of benzene rings is 1. The number of halogens is 4. The molecule has 2 aromatic rings. The van der Waals surface area contributed by atoms with Crippen LogP contribution < -0.4 is 15.4 Å². The summed E-state index contributed by atoms with van der Waals surface area (Å²) >= 11 is 11.9. The summed E-state index contributed by atoms with van der Waals surface area (Å²) in [5.41, 5.74) is 1.22. The number of rotatable bonds is 6. The highest BCUT2D eigenvalue weighted by Crippen LogP contribution is 2.33. The third-order valence-electron chi connectivity index (χ3n) is 3.13. The molecule has 2 rings (SSSR count). The van der Waals surface area contributed by atoms with Crippen LogP contribution in [0.25, 0.3) is 0 Å². The SMILES string of the molecule is CN=C(NCc1ccccn1)NCc1cc(Cl)cc(Cl)c1OC(F)F. The molecule has 0 fully saturated rings. The minimum absolute atomic E-state index is 0.0148. The minimum Gasteiger partial charge on any atom is -0.433 e. The van der Waals surface area contributed by atoms with E-state index in [2.05, 4.69) is 25.3 Å². The van der Waals surface area contributed by atoms with Gasteiger partial charge in [0.15, 0.2) is 5.96 Å². The molecule has 0 aliphatic carbocycles. The third kappa shape index (κ3) is 6.03. The topological polar surface area (TPSA) is 58.5 Å². The average Bonchev–Trinajstić information content (AvgIpc) is 2.58. The average molecular weight is 389 g/mol. The lowest BCUT2D eigenvalue weighted by atomic mass is 10.2. The summed E-state index contributed by atoms with van der Waals surface area (Å²) < 4.78 is 29.6. The summed E-state index contributed by atoms with van der Waals surface area (Å²) in [6.45, 7) is -2.39. The second-order valence-electron chi connectivity index (χ2n) is 4.85. The van der Waals surface area contributed by atoms with Gasteiger partial charge in [0.2, 0.25) is 0 Å². The molecular weight excluding hydrogens is 373 g/mol. The lowest BCUT2D eigenvalue weighted by Gasteiger charge is -2.16. The molecule has 0 aliphatic rings. The van der Waals surface area contributed by atoms with Gasteiger partial charge in [-0.25, -0.2) is 0 Å². The molecule has 134 valence electrons. The van der Waals surface area contributed by atoms with Crippen molar-refractivity contribution in [1.29, 1.82) is 0 Å². The number of aromatic nitrogens is 1. The summed E-state index contributed by atoms with van der Waals surface area (Å²) in [5.74, 6) is 0.346. The predicted octanol–water partition coefficient (Wildman–Crippen LogP) is 3.86. The van der Waals surface area contributed by atoms with Gasteiger partial charge in [-0.2, -0.15) is 8.78 Å². The Morgan fingerprint density at radius 3 is 2.64 bits per heavy atom. The largest absolute Gasteiger partial charge is 0.433 e. The van der Waals surface area contributed by atoms with Gasteiger partial charge in [0, 0.05) is 30.4 Å². The van der Waals surface area contributed by atoms with Crippen molar-refractivity contribution in [3.05, 3.63) is 57.8 Å². The van der Waals surface area contributed by atoms with Crippen molar-refractivity contribution >= 4 is 29.2 Å². The Morgan fingerprint density at radius 1 is 1.24 bits per heavy atom. The van der Waals surface area contributed by atoms with Crippen LogP contribution in [0.2, 0.25) is 10.0 Å². The van der Waals surface area contributed by atoms with Crippen LogP contribution in [0.1, 0.15) is 11.3 Å². The van der Waals surface area contributed by atoms with E-state index in [0.29, 0.717) is 23.1 Å². The first-order valence-electron chi connectivity index (χ1n) is 7.26. The zero-order valence-electron chi connectivity index (χ0n) is 13.3. The van der Waals surface area contributed by atoms with E-state index in [4.69, 9.17) is 23.2 Å². The van der Waals surface area contributed by atoms with Crippen LogP contribution in [0.5, 0.6) is 5.75 Å². The molecule has 1 aromatic heterocycles. The molecular formula is C16H16Cl2F2N4O. The van der Waals surface area contributed by atoms with Crippen molar-refractivity contribution in [2.24, 2.45) is 4.99 Å². The van der Waals surface area contributed by atoms with Gasteiger partial charge in [0.1, 0.15) is 5.75 Å². The summed E-state index contributed by atoms with van der Waals surface area (Å²) in [4.78, 5) is 8.26. The fourth-order valence-electron chi connectivity index (χ4n) is 2.04. The number of nitrogens with one attached hydrogen (secondary N) is 2. The van der Waals surface area contributed by atoms with E-state index in [1.165, 1.54) is 12.1 Å². The number of alkyl halides is 2. The van der Waals surface area contributed by atoms with E-state index in [0.717, 1.165) is 5.69 Å². The van der Waals surface area contributed by atoms with Gasteiger partial charge in [0.05, 0.1) is 17.3 Å². The summed E-state index contributed by atoms with van der Waals surface area (Å²) in [7, 11) is 1.59. The molecule has 0 saturated heterocycles. The van der Waals surface area contributed by atoms with Crippen molar-refractivity contribution in [2.45, 2.75) is 19.7 Å². The van der Waals surface area contributed by atoms with Gasteiger partial charge < -0.3 is 15.4 Å². The molecule has 0 bridgehead atoms. The number of guanidine groups is 1. The fourth-order valence-corrected chi connectivity index (χ4v) is 2.62. The lowest BCUT2D eigenvalue weighted by Crippen LogP contribution is -2.36. The van der Waals surface area contributed by atoms with Gasteiger partial charge in [-0.05, 0) is 24.3 Å². The highest BCUT2D eigenvalue weighted by atomic mass is 35.5. The molecule has 25 heavy (non-hydrogen) atoms. The van der Waals surface area contributed by atoms with Gasteiger partial charge in [-0.15, -0.1) is 0 Å². The van der Waals surface area contributed by atoms with E-state index in [9.17, 15) is 8.78 Å². The Balaban J connectivity index is 2.03. The molecule has 0 spiro atoms. The molecule has 5 nitrogen and oxygen atoms in total. The Morgan fingerprint density at radius 2 is 2.00 bits per heavy atom. The highest BCUT2D eigenvalue weighted by Gasteiger charge is 2.15. The van der Waals surface area contributed by atoms with Crippen LogP contribution in [-0.2, 0) is 13.1 Å². The van der Waals surface area contributed by atoms with Gasteiger partial charge >= 0.3 is 6.61 Å². The van der Waals surface area contributed by atoms with E-state index in [1.54, 1.807) is 13.2 Å². The first-order chi connectivity index (χ1) is 12.0. The van der Waals surface area contributed by atoms with Crippen LogP contribution in [0.3, 0.4) is 0 Å². The number of hydrogen-bond donors (Lipinski definition) is 2. The monoisotopic (exact) mass is 388 g/mol. The normalized spacial score (nSPS) is 11.5. The zero-order valence-corrected chi connectivity index (χ0v) is 14.8. The highest BCUT2D eigenvalue weighted by molar-refractivity contribution is 6.35. The molecule has 0 unspecified atom stereocenters. The maximum Gasteiger partial charge on any atom is 0.387 e. The molecule has 0 aliphatic heterocycles. The van der Waals surface area contributed by atoms with E-state index in [1.807, 2.05) is 18.2 Å². The summed E-state index contributed by atoms with van der Waals surface area (Å²) in [5, 5.41) is 6.39.